The fourth-order valence-electron chi connectivity index (χ4n) is 3.28. The molecule has 2 heterocycles. The first-order chi connectivity index (χ1) is 15.4. The zero-order valence-electron chi connectivity index (χ0n) is 16.5. The zero-order chi connectivity index (χ0) is 22.8. The van der Waals surface area contributed by atoms with Gasteiger partial charge in [-0.25, -0.2) is 9.78 Å². The number of anilines is 3. The average Bonchev–Trinajstić information content (AvgIpc) is 3.10. The number of fused-ring (bicyclic) bond motifs is 1. The minimum Gasteiger partial charge on any atom is -0.410 e. The number of nitrogens with one attached hydrogen (secondary N) is 1. The summed E-state index contributed by atoms with van der Waals surface area (Å²) in [5.74, 6) is -0.385. The summed E-state index contributed by atoms with van der Waals surface area (Å²) in [6, 6.07) is 17.4. The van der Waals surface area contributed by atoms with E-state index in [0.29, 0.717) is 32.8 Å². The number of ether oxygens (including phenoxy) is 1. The van der Waals surface area contributed by atoms with Crippen molar-refractivity contribution in [3.8, 4) is 22.9 Å². The Kier molecular flexibility index (Phi) is 5.32. The second kappa shape index (κ2) is 8.25. The van der Waals surface area contributed by atoms with Crippen molar-refractivity contribution >= 4 is 50.7 Å². The molecular formula is C22H16N6O3S. The van der Waals surface area contributed by atoms with E-state index in [-0.39, 0.29) is 21.9 Å². The van der Waals surface area contributed by atoms with E-state index in [1.54, 1.807) is 54.6 Å². The van der Waals surface area contributed by atoms with Crippen LogP contribution < -0.4 is 27.3 Å². The fourth-order valence-corrected chi connectivity index (χ4v) is 4.24. The molecule has 2 amide bonds. The lowest BCUT2D eigenvalue weighted by Crippen LogP contribution is -2.17. The number of amides is 2. The standard InChI is InChI=1S/C22H16N6O3S/c23-10-13-15(16-17(24)18(20(26)29)32-21(16)28-19(13)25)12-8-4-5-9-14(12)27-22(30)31-11-6-2-1-3-7-11/h1-9H,24H2,(H2,25,28)(H2,26,29)(H,27,30). The molecule has 9 nitrogen and oxygen atoms in total. The van der Waals surface area contributed by atoms with Crippen LogP contribution in [0.2, 0.25) is 0 Å². The molecule has 4 aromatic rings. The maximum atomic E-state index is 12.5. The molecular weight excluding hydrogens is 428 g/mol. The Balaban J connectivity index is 1.87. The third-order valence-corrected chi connectivity index (χ3v) is 5.74. The van der Waals surface area contributed by atoms with E-state index in [1.165, 1.54) is 0 Å². The molecule has 0 bridgehead atoms. The van der Waals surface area contributed by atoms with Crippen molar-refractivity contribution in [3.63, 3.8) is 0 Å². The van der Waals surface area contributed by atoms with Gasteiger partial charge in [0.15, 0.2) is 0 Å². The van der Waals surface area contributed by atoms with Gasteiger partial charge in [-0.1, -0.05) is 36.4 Å². The summed E-state index contributed by atoms with van der Waals surface area (Å²) >= 11 is 0.984. The molecule has 0 radical (unpaired) electrons. The third-order valence-electron chi connectivity index (χ3n) is 4.63. The van der Waals surface area contributed by atoms with Crippen LogP contribution in [0.15, 0.2) is 54.6 Å². The van der Waals surface area contributed by atoms with Crippen molar-refractivity contribution in [2.45, 2.75) is 0 Å². The van der Waals surface area contributed by atoms with Gasteiger partial charge in [0.05, 0.1) is 11.4 Å². The molecule has 0 aliphatic carbocycles. The molecule has 0 atom stereocenters. The van der Waals surface area contributed by atoms with Crippen LogP contribution in [0.4, 0.5) is 22.0 Å². The largest absolute Gasteiger partial charge is 0.417 e. The molecule has 2 aromatic heterocycles. The van der Waals surface area contributed by atoms with Crippen molar-refractivity contribution in [1.29, 1.82) is 5.26 Å². The van der Waals surface area contributed by atoms with Gasteiger partial charge in [-0.05, 0) is 18.2 Å². The van der Waals surface area contributed by atoms with Crippen LogP contribution in [0.3, 0.4) is 0 Å². The fraction of sp³-hybridized carbons (Fsp3) is 0. The first kappa shape index (κ1) is 20.6. The molecule has 4 rings (SSSR count). The topological polar surface area (TPSA) is 170 Å². The second-order valence-electron chi connectivity index (χ2n) is 6.62. The van der Waals surface area contributed by atoms with Gasteiger partial charge in [-0.2, -0.15) is 5.26 Å². The Bertz CT molecular complexity index is 1410. The van der Waals surface area contributed by atoms with E-state index >= 15 is 0 Å². The van der Waals surface area contributed by atoms with Gasteiger partial charge in [0, 0.05) is 16.5 Å². The number of nitriles is 1. The second-order valence-corrected chi connectivity index (χ2v) is 7.62. The van der Waals surface area contributed by atoms with Crippen molar-refractivity contribution in [2.75, 3.05) is 16.8 Å². The summed E-state index contributed by atoms with van der Waals surface area (Å²) in [6.07, 6.45) is -0.725. The number of para-hydroxylation sites is 2. The number of nitrogens with zero attached hydrogens (tertiary/aromatic N) is 2. The average molecular weight is 444 g/mol. The van der Waals surface area contributed by atoms with Crippen molar-refractivity contribution in [3.05, 3.63) is 65.0 Å². The van der Waals surface area contributed by atoms with Gasteiger partial charge in [0.25, 0.3) is 5.91 Å². The molecule has 7 N–H and O–H groups in total. The van der Waals surface area contributed by atoms with Gasteiger partial charge in [0.2, 0.25) is 0 Å². The van der Waals surface area contributed by atoms with Gasteiger partial charge in [-0.15, -0.1) is 11.3 Å². The van der Waals surface area contributed by atoms with Crippen LogP contribution in [0, 0.1) is 11.3 Å². The molecule has 0 fully saturated rings. The van der Waals surface area contributed by atoms with E-state index in [4.69, 9.17) is 21.9 Å². The first-order valence-electron chi connectivity index (χ1n) is 9.25. The van der Waals surface area contributed by atoms with Crippen LogP contribution in [-0.4, -0.2) is 17.0 Å². The normalized spacial score (nSPS) is 10.5. The number of pyridine rings is 1. The molecule has 0 saturated carbocycles. The van der Waals surface area contributed by atoms with Crippen LogP contribution in [0.1, 0.15) is 15.2 Å². The Morgan fingerprint density at radius 1 is 1.06 bits per heavy atom. The summed E-state index contributed by atoms with van der Waals surface area (Å²) in [5.41, 5.74) is 19.0. The summed E-state index contributed by atoms with van der Waals surface area (Å²) in [6.45, 7) is 0. The van der Waals surface area contributed by atoms with E-state index < -0.39 is 12.0 Å². The first-order valence-corrected chi connectivity index (χ1v) is 10.1. The van der Waals surface area contributed by atoms with Gasteiger partial charge < -0.3 is 21.9 Å². The number of nitrogens with two attached hydrogens (primary N) is 3. The highest BCUT2D eigenvalue weighted by molar-refractivity contribution is 7.21. The molecule has 0 unspecified atom stereocenters. The van der Waals surface area contributed by atoms with E-state index in [1.807, 2.05) is 6.07 Å². The summed E-state index contributed by atoms with van der Waals surface area (Å²) in [4.78, 5) is 29.0. The van der Waals surface area contributed by atoms with Crippen LogP contribution >= 0.6 is 11.3 Å². The van der Waals surface area contributed by atoms with Crippen LogP contribution in [0.5, 0.6) is 5.75 Å². The quantitative estimate of drug-likeness (QED) is 0.371. The predicted octanol–water partition coefficient (Wildman–Crippen LogP) is 3.71. The maximum absolute atomic E-state index is 12.5. The Morgan fingerprint density at radius 3 is 2.44 bits per heavy atom. The smallest absolute Gasteiger partial charge is 0.410 e. The molecule has 0 spiro atoms. The highest BCUT2D eigenvalue weighted by Crippen LogP contribution is 2.44. The Labute approximate surface area is 186 Å². The summed E-state index contributed by atoms with van der Waals surface area (Å²) in [5, 5.41) is 12.8. The van der Waals surface area contributed by atoms with E-state index in [2.05, 4.69) is 10.3 Å². The summed E-state index contributed by atoms with van der Waals surface area (Å²) < 4.78 is 5.30. The van der Waals surface area contributed by atoms with Gasteiger partial charge >= 0.3 is 6.09 Å². The number of aromatic nitrogens is 1. The number of hydrogen-bond acceptors (Lipinski definition) is 8. The van der Waals surface area contributed by atoms with E-state index in [9.17, 15) is 14.9 Å². The number of nitrogen functional groups attached to an aromatic ring is 2. The number of primary amides is 1. The SMILES string of the molecule is N#Cc1c(N)nc2sc(C(N)=O)c(N)c2c1-c1ccccc1NC(=O)Oc1ccccc1. The van der Waals surface area contributed by atoms with Crippen LogP contribution in [0.25, 0.3) is 21.3 Å². The highest BCUT2D eigenvalue weighted by Gasteiger charge is 2.25. The molecule has 158 valence electrons. The number of carbonyl (C=O) groups is 2. The number of hydrogen-bond donors (Lipinski definition) is 4. The molecule has 2 aromatic carbocycles. The minimum atomic E-state index is -0.725. The highest BCUT2D eigenvalue weighted by atomic mass is 32.1. The van der Waals surface area contributed by atoms with Gasteiger partial charge in [0.1, 0.15) is 32.9 Å². The molecule has 32 heavy (non-hydrogen) atoms. The van der Waals surface area contributed by atoms with Crippen LogP contribution in [-0.2, 0) is 0 Å². The van der Waals surface area contributed by atoms with Crippen molar-refractivity contribution in [2.24, 2.45) is 5.73 Å². The predicted molar refractivity (Wildman–Crippen MR) is 123 cm³/mol. The monoisotopic (exact) mass is 444 g/mol. The number of benzene rings is 2. The Hall–Kier alpha value is -4.62. The number of thiophene rings is 1. The maximum Gasteiger partial charge on any atom is 0.417 e. The Morgan fingerprint density at radius 2 is 1.75 bits per heavy atom. The van der Waals surface area contributed by atoms with Crippen molar-refractivity contribution < 1.29 is 14.3 Å². The molecule has 0 aliphatic rings. The third kappa shape index (κ3) is 3.64. The lowest BCUT2D eigenvalue weighted by atomic mass is 9.95. The molecule has 10 heteroatoms. The van der Waals surface area contributed by atoms with Crippen molar-refractivity contribution in [1.82, 2.24) is 4.98 Å². The minimum absolute atomic E-state index is 0.0334. The number of rotatable bonds is 4. The number of carbonyl (C=O) groups excluding carboxylic acids is 2. The van der Waals surface area contributed by atoms with E-state index in [0.717, 1.165) is 11.3 Å². The lowest BCUT2D eigenvalue weighted by Gasteiger charge is -2.15. The van der Waals surface area contributed by atoms with Gasteiger partial charge in [-0.3, -0.25) is 10.1 Å². The molecule has 0 saturated heterocycles. The molecule has 0 aliphatic heterocycles. The lowest BCUT2D eigenvalue weighted by molar-refractivity contribution is 0.100. The zero-order valence-corrected chi connectivity index (χ0v) is 17.3. The summed E-state index contributed by atoms with van der Waals surface area (Å²) in [7, 11) is 0.